The number of carbonyl (C=O) groups excluding carboxylic acids is 2. The highest BCUT2D eigenvalue weighted by atomic mass is 16.5. The van der Waals surface area contributed by atoms with Gasteiger partial charge in [-0.3, -0.25) is 9.59 Å². The van der Waals surface area contributed by atoms with Gasteiger partial charge in [0.2, 0.25) is 5.91 Å². The number of aromatic nitrogens is 2. The lowest BCUT2D eigenvalue weighted by Crippen LogP contribution is -2.27. The molecule has 1 aromatic heterocycles. The van der Waals surface area contributed by atoms with E-state index >= 15 is 0 Å². The number of rotatable bonds is 7. The van der Waals surface area contributed by atoms with E-state index in [1.165, 1.54) is 0 Å². The van der Waals surface area contributed by atoms with Crippen LogP contribution in [0.15, 0.2) is 61.2 Å². The SMILES string of the molecule is CC(NC(=O)CCC(=O)c1ccc2c(c1)OCCCO2)c1ccc(-n2ccnc2)cc1. The molecule has 1 amide bonds. The molecule has 0 radical (unpaired) electrons. The molecule has 0 bridgehead atoms. The average Bonchev–Trinajstić information content (AvgIpc) is 3.23. The number of ether oxygens (including phenoxy) is 2. The summed E-state index contributed by atoms with van der Waals surface area (Å²) in [5, 5.41) is 2.96. The van der Waals surface area contributed by atoms with Gasteiger partial charge in [-0.05, 0) is 42.8 Å². The van der Waals surface area contributed by atoms with Crippen LogP contribution in [-0.4, -0.2) is 34.5 Å². The van der Waals surface area contributed by atoms with Gasteiger partial charge in [0.1, 0.15) is 0 Å². The molecule has 2 aromatic carbocycles. The van der Waals surface area contributed by atoms with Crippen LogP contribution in [0.3, 0.4) is 0 Å². The van der Waals surface area contributed by atoms with E-state index < -0.39 is 0 Å². The van der Waals surface area contributed by atoms with Gasteiger partial charge in [-0.2, -0.15) is 0 Å². The number of nitrogens with zero attached hydrogens (tertiary/aromatic N) is 2. The summed E-state index contributed by atoms with van der Waals surface area (Å²) in [5.41, 5.74) is 2.52. The quantitative estimate of drug-likeness (QED) is 0.588. The second-order valence-electron chi connectivity index (χ2n) is 7.49. The molecule has 1 unspecified atom stereocenters. The Morgan fingerprint density at radius 3 is 2.58 bits per heavy atom. The van der Waals surface area contributed by atoms with Crippen LogP contribution in [-0.2, 0) is 4.79 Å². The third-order valence-corrected chi connectivity index (χ3v) is 5.22. The maximum absolute atomic E-state index is 12.5. The highest BCUT2D eigenvalue weighted by molar-refractivity contribution is 5.98. The monoisotopic (exact) mass is 419 g/mol. The van der Waals surface area contributed by atoms with Gasteiger partial charge >= 0.3 is 0 Å². The fraction of sp³-hybridized carbons (Fsp3) is 0.292. The Morgan fingerprint density at radius 2 is 1.84 bits per heavy atom. The van der Waals surface area contributed by atoms with E-state index in [1.807, 2.05) is 42.0 Å². The Kier molecular flexibility index (Phi) is 6.31. The summed E-state index contributed by atoms with van der Waals surface area (Å²) in [5.74, 6) is 0.984. The molecule has 0 aliphatic carbocycles. The summed E-state index contributed by atoms with van der Waals surface area (Å²) in [6.07, 6.45) is 6.41. The first-order valence-corrected chi connectivity index (χ1v) is 10.4. The molecule has 1 aliphatic rings. The normalized spacial score (nSPS) is 13.8. The molecule has 7 heteroatoms. The van der Waals surface area contributed by atoms with Crippen molar-refractivity contribution in [2.45, 2.75) is 32.2 Å². The molecule has 31 heavy (non-hydrogen) atoms. The lowest BCUT2D eigenvalue weighted by molar-refractivity contribution is -0.121. The van der Waals surface area contributed by atoms with Gasteiger partial charge in [-0.25, -0.2) is 4.98 Å². The summed E-state index contributed by atoms with van der Waals surface area (Å²) in [4.78, 5) is 29.0. The number of benzene rings is 2. The number of hydrogen-bond acceptors (Lipinski definition) is 5. The van der Waals surface area contributed by atoms with Gasteiger partial charge in [-0.15, -0.1) is 0 Å². The van der Waals surface area contributed by atoms with Crippen molar-refractivity contribution in [2.24, 2.45) is 0 Å². The summed E-state index contributed by atoms with van der Waals surface area (Å²) < 4.78 is 13.1. The Bertz CT molecular complexity index is 1050. The molecule has 1 aliphatic heterocycles. The van der Waals surface area contributed by atoms with Crippen LogP contribution in [0.5, 0.6) is 11.5 Å². The van der Waals surface area contributed by atoms with E-state index in [-0.39, 0.29) is 30.6 Å². The molecule has 1 atom stereocenters. The molecule has 3 aromatic rings. The number of imidazole rings is 1. The van der Waals surface area contributed by atoms with E-state index in [1.54, 1.807) is 30.7 Å². The maximum atomic E-state index is 12.5. The summed E-state index contributed by atoms with van der Waals surface area (Å²) >= 11 is 0. The smallest absolute Gasteiger partial charge is 0.220 e. The zero-order valence-corrected chi connectivity index (χ0v) is 17.4. The van der Waals surface area contributed by atoms with Crippen molar-refractivity contribution >= 4 is 11.7 Å². The Hall–Kier alpha value is -3.61. The van der Waals surface area contributed by atoms with Crippen molar-refractivity contribution in [1.82, 2.24) is 14.9 Å². The Balaban J connectivity index is 1.29. The van der Waals surface area contributed by atoms with Crippen molar-refractivity contribution in [3.05, 3.63) is 72.3 Å². The Labute approximate surface area is 181 Å². The van der Waals surface area contributed by atoms with Gasteiger partial charge in [0.25, 0.3) is 0 Å². The summed E-state index contributed by atoms with van der Waals surface area (Å²) in [6, 6.07) is 12.9. The predicted molar refractivity (Wildman–Crippen MR) is 116 cm³/mol. The topological polar surface area (TPSA) is 82.5 Å². The second kappa shape index (κ2) is 9.47. The van der Waals surface area contributed by atoms with Gasteiger partial charge in [0.15, 0.2) is 17.3 Å². The first kappa shape index (κ1) is 20.7. The number of fused-ring (bicyclic) bond motifs is 1. The molecule has 0 fully saturated rings. The predicted octanol–water partition coefficient (Wildman–Crippen LogP) is 3.87. The number of hydrogen-bond donors (Lipinski definition) is 1. The van der Waals surface area contributed by atoms with Crippen LogP contribution in [0, 0.1) is 0 Å². The lowest BCUT2D eigenvalue weighted by Gasteiger charge is -2.15. The molecule has 4 rings (SSSR count). The van der Waals surface area contributed by atoms with Crippen LogP contribution in [0.25, 0.3) is 5.69 Å². The lowest BCUT2D eigenvalue weighted by atomic mass is 10.0. The minimum Gasteiger partial charge on any atom is -0.490 e. The van der Waals surface area contributed by atoms with Crippen molar-refractivity contribution < 1.29 is 19.1 Å². The molecular weight excluding hydrogens is 394 g/mol. The largest absolute Gasteiger partial charge is 0.490 e. The second-order valence-corrected chi connectivity index (χ2v) is 7.49. The third kappa shape index (κ3) is 5.12. The van der Waals surface area contributed by atoms with E-state index in [4.69, 9.17) is 9.47 Å². The van der Waals surface area contributed by atoms with Crippen LogP contribution in [0.2, 0.25) is 0 Å². The molecule has 0 saturated heterocycles. The fourth-order valence-electron chi connectivity index (χ4n) is 3.45. The summed E-state index contributed by atoms with van der Waals surface area (Å²) in [7, 11) is 0. The molecule has 2 heterocycles. The first-order valence-electron chi connectivity index (χ1n) is 10.4. The molecular formula is C24H25N3O4. The van der Waals surface area contributed by atoms with Gasteiger partial charge < -0.3 is 19.4 Å². The van der Waals surface area contributed by atoms with Crippen molar-refractivity contribution in [3.63, 3.8) is 0 Å². The van der Waals surface area contributed by atoms with Gasteiger partial charge in [0.05, 0.1) is 25.6 Å². The number of Topliss-reactive ketones (excluding diaryl/α,β-unsaturated/α-hetero) is 1. The van der Waals surface area contributed by atoms with E-state index in [9.17, 15) is 9.59 Å². The van der Waals surface area contributed by atoms with E-state index in [0.717, 1.165) is 17.7 Å². The van der Waals surface area contributed by atoms with Gasteiger partial charge in [0, 0.05) is 42.9 Å². The Morgan fingerprint density at radius 1 is 1.06 bits per heavy atom. The molecule has 1 N–H and O–H groups in total. The molecule has 160 valence electrons. The van der Waals surface area contributed by atoms with Crippen LogP contribution < -0.4 is 14.8 Å². The standard InChI is InChI=1S/C24H25N3O4/c1-17(18-3-6-20(7-4-18)27-12-11-25-16-27)26-24(29)10-8-21(28)19-5-9-22-23(15-19)31-14-2-13-30-22/h3-7,9,11-12,15-17H,2,8,10,13-14H2,1H3,(H,26,29). The van der Waals surface area contributed by atoms with Gasteiger partial charge in [-0.1, -0.05) is 12.1 Å². The maximum Gasteiger partial charge on any atom is 0.220 e. The van der Waals surface area contributed by atoms with Crippen molar-refractivity contribution in [3.8, 4) is 17.2 Å². The minimum atomic E-state index is -0.158. The summed E-state index contributed by atoms with van der Waals surface area (Å²) in [6.45, 7) is 3.09. The van der Waals surface area contributed by atoms with Crippen molar-refractivity contribution in [1.29, 1.82) is 0 Å². The third-order valence-electron chi connectivity index (χ3n) is 5.22. The zero-order chi connectivity index (χ0) is 21.6. The van der Waals surface area contributed by atoms with Crippen LogP contribution >= 0.6 is 0 Å². The number of carbonyl (C=O) groups is 2. The van der Waals surface area contributed by atoms with Crippen molar-refractivity contribution in [2.75, 3.05) is 13.2 Å². The van der Waals surface area contributed by atoms with Crippen LogP contribution in [0.1, 0.15) is 48.1 Å². The van der Waals surface area contributed by atoms with E-state index in [0.29, 0.717) is 30.3 Å². The fourth-order valence-corrected chi connectivity index (χ4v) is 3.45. The zero-order valence-electron chi connectivity index (χ0n) is 17.4. The minimum absolute atomic E-state index is 0.0943. The van der Waals surface area contributed by atoms with E-state index in [2.05, 4.69) is 10.3 Å². The number of ketones is 1. The molecule has 0 spiro atoms. The average molecular weight is 419 g/mol. The molecule has 0 saturated carbocycles. The van der Waals surface area contributed by atoms with Crippen LogP contribution in [0.4, 0.5) is 0 Å². The number of nitrogens with one attached hydrogen (secondary N) is 1. The first-order chi connectivity index (χ1) is 15.1. The molecule has 7 nitrogen and oxygen atoms in total. The number of amides is 1. The highest BCUT2D eigenvalue weighted by Crippen LogP contribution is 2.30. The highest BCUT2D eigenvalue weighted by Gasteiger charge is 2.16.